The molecule has 0 saturated carbocycles. The fourth-order valence-corrected chi connectivity index (χ4v) is 4.24. The molecular formula is C17H14ClFN2O4S. The summed E-state index contributed by atoms with van der Waals surface area (Å²) >= 11 is 5.88. The minimum absolute atomic E-state index is 0.0995. The number of aryl methyl sites for hydroxylation is 1. The molecule has 0 bridgehead atoms. The SMILES string of the molecule is Cc1ccc(N(CCC#N)S(=O)(=O)c2cc(C(=O)O)c(F)cc2Cl)cc1. The quantitative estimate of drug-likeness (QED) is 0.804. The number of carboxylic acid groups (broad SMARTS) is 1. The molecule has 2 aromatic carbocycles. The second-order valence-corrected chi connectivity index (χ2v) is 7.63. The summed E-state index contributed by atoms with van der Waals surface area (Å²) in [4.78, 5) is 10.6. The summed E-state index contributed by atoms with van der Waals surface area (Å²) in [5, 5.41) is 17.4. The van der Waals surface area contributed by atoms with Crippen LogP contribution < -0.4 is 4.31 Å². The van der Waals surface area contributed by atoms with Crippen LogP contribution in [0.1, 0.15) is 22.3 Å². The number of carbonyl (C=O) groups is 1. The van der Waals surface area contributed by atoms with Gasteiger partial charge in [0.1, 0.15) is 10.7 Å². The maximum Gasteiger partial charge on any atom is 0.338 e. The van der Waals surface area contributed by atoms with Gasteiger partial charge in [-0.15, -0.1) is 0 Å². The largest absolute Gasteiger partial charge is 0.478 e. The van der Waals surface area contributed by atoms with Gasteiger partial charge < -0.3 is 5.11 Å². The van der Waals surface area contributed by atoms with Crippen molar-refractivity contribution in [2.75, 3.05) is 10.8 Å². The molecule has 9 heteroatoms. The van der Waals surface area contributed by atoms with Gasteiger partial charge in [0.25, 0.3) is 10.0 Å². The zero-order chi connectivity index (χ0) is 19.5. The Labute approximate surface area is 155 Å². The van der Waals surface area contributed by atoms with Crippen LogP contribution in [0.15, 0.2) is 41.3 Å². The maximum atomic E-state index is 13.7. The smallest absolute Gasteiger partial charge is 0.338 e. The maximum absolute atomic E-state index is 13.7. The standard InChI is InChI=1S/C17H14ClFN2O4S/c1-11-3-5-12(6-4-11)21(8-2-7-20)26(24,25)16-9-13(17(22)23)15(19)10-14(16)18/h3-6,9-10H,2,8H2,1H3,(H,22,23). The van der Waals surface area contributed by atoms with E-state index in [9.17, 15) is 17.6 Å². The number of hydrogen-bond acceptors (Lipinski definition) is 4. The van der Waals surface area contributed by atoms with Crippen LogP contribution in [0.2, 0.25) is 5.02 Å². The van der Waals surface area contributed by atoms with Crippen LogP contribution in [-0.2, 0) is 10.0 Å². The van der Waals surface area contributed by atoms with Crippen molar-refractivity contribution in [3.05, 3.63) is 58.4 Å². The van der Waals surface area contributed by atoms with E-state index in [0.717, 1.165) is 9.87 Å². The zero-order valence-corrected chi connectivity index (χ0v) is 15.2. The van der Waals surface area contributed by atoms with Gasteiger partial charge >= 0.3 is 5.97 Å². The number of nitrogens with zero attached hydrogens (tertiary/aromatic N) is 2. The van der Waals surface area contributed by atoms with Gasteiger partial charge in [0.2, 0.25) is 0 Å². The average molecular weight is 397 g/mol. The Bertz CT molecular complexity index is 985. The van der Waals surface area contributed by atoms with E-state index in [2.05, 4.69) is 0 Å². The summed E-state index contributed by atoms with van der Waals surface area (Å²) in [6.07, 6.45) is -0.0995. The van der Waals surface area contributed by atoms with Crippen molar-refractivity contribution in [1.29, 1.82) is 5.26 Å². The lowest BCUT2D eigenvalue weighted by molar-refractivity contribution is 0.0691. The van der Waals surface area contributed by atoms with Gasteiger partial charge in [-0.25, -0.2) is 17.6 Å². The molecule has 2 aromatic rings. The number of benzene rings is 2. The first kappa shape index (κ1) is 19.7. The molecule has 0 unspecified atom stereocenters. The third-order valence-electron chi connectivity index (χ3n) is 3.57. The molecule has 2 rings (SSSR count). The van der Waals surface area contributed by atoms with Crippen molar-refractivity contribution in [3.63, 3.8) is 0 Å². The molecule has 6 nitrogen and oxygen atoms in total. The van der Waals surface area contributed by atoms with Crippen LogP contribution in [0.4, 0.5) is 10.1 Å². The van der Waals surface area contributed by atoms with E-state index < -0.39 is 37.3 Å². The summed E-state index contributed by atoms with van der Waals surface area (Å²) < 4.78 is 40.8. The first-order valence-electron chi connectivity index (χ1n) is 7.37. The van der Waals surface area contributed by atoms with E-state index in [0.29, 0.717) is 12.1 Å². The Balaban J connectivity index is 2.64. The predicted molar refractivity (Wildman–Crippen MR) is 94.3 cm³/mol. The first-order chi connectivity index (χ1) is 12.2. The molecule has 26 heavy (non-hydrogen) atoms. The number of rotatable bonds is 6. The molecule has 136 valence electrons. The highest BCUT2D eigenvalue weighted by Gasteiger charge is 2.29. The first-order valence-corrected chi connectivity index (χ1v) is 9.19. The van der Waals surface area contributed by atoms with Crippen molar-refractivity contribution in [2.45, 2.75) is 18.2 Å². The minimum atomic E-state index is -4.32. The zero-order valence-electron chi connectivity index (χ0n) is 13.6. The molecule has 0 radical (unpaired) electrons. The lowest BCUT2D eigenvalue weighted by Crippen LogP contribution is -2.32. The Morgan fingerprint density at radius 3 is 2.46 bits per heavy atom. The molecule has 1 N–H and O–H groups in total. The molecule has 0 aliphatic rings. The summed E-state index contributed by atoms with van der Waals surface area (Å²) in [6, 6.07) is 9.69. The van der Waals surface area contributed by atoms with Crippen LogP contribution >= 0.6 is 11.6 Å². The highest BCUT2D eigenvalue weighted by molar-refractivity contribution is 7.93. The van der Waals surface area contributed by atoms with Gasteiger partial charge in [0.15, 0.2) is 0 Å². The second-order valence-electron chi connectivity index (χ2n) is 5.39. The molecule has 0 aliphatic heterocycles. The predicted octanol–water partition coefficient (Wildman–Crippen LogP) is 3.59. The van der Waals surface area contributed by atoms with E-state index in [4.69, 9.17) is 22.0 Å². The van der Waals surface area contributed by atoms with Gasteiger partial charge in [-0.1, -0.05) is 29.3 Å². The normalized spacial score (nSPS) is 11.0. The van der Waals surface area contributed by atoms with Crippen LogP contribution in [0, 0.1) is 24.1 Å². The Morgan fingerprint density at radius 2 is 1.92 bits per heavy atom. The number of hydrogen-bond donors (Lipinski definition) is 1. The lowest BCUT2D eigenvalue weighted by atomic mass is 10.2. The summed E-state index contributed by atoms with van der Waals surface area (Å²) in [5.41, 5.74) is 0.375. The van der Waals surface area contributed by atoms with E-state index in [1.165, 1.54) is 0 Å². The number of sulfonamides is 1. The second kappa shape index (κ2) is 7.72. The van der Waals surface area contributed by atoms with E-state index in [1.807, 2.05) is 13.0 Å². The van der Waals surface area contributed by atoms with Crippen LogP contribution in [0.3, 0.4) is 0 Å². The summed E-state index contributed by atoms with van der Waals surface area (Å²) in [7, 11) is -4.32. The van der Waals surface area contributed by atoms with Crippen LogP contribution in [0.5, 0.6) is 0 Å². The third kappa shape index (κ3) is 3.95. The number of nitriles is 1. The highest BCUT2D eigenvalue weighted by atomic mass is 35.5. The molecule has 0 aromatic heterocycles. The van der Waals surface area contributed by atoms with E-state index in [-0.39, 0.29) is 18.7 Å². The monoisotopic (exact) mass is 396 g/mol. The van der Waals surface area contributed by atoms with Gasteiger partial charge in [-0.2, -0.15) is 5.26 Å². The van der Waals surface area contributed by atoms with E-state index >= 15 is 0 Å². The molecular weight excluding hydrogens is 383 g/mol. The van der Waals surface area contributed by atoms with Crippen LogP contribution in [-0.4, -0.2) is 26.0 Å². The molecule has 0 fully saturated rings. The fourth-order valence-electron chi connectivity index (χ4n) is 2.26. The Morgan fingerprint density at radius 1 is 1.31 bits per heavy atom. The molecule has 0 amide bonds. The lowest BCUT2D eigenvalue weighted by Gasteiger charge is -2.24. The average Bonchev–Trinajstić information content (AvgIpc) is 2.56. The number of aromatic carboxylic acids is 1. The van der Waals surface area contributed by atoms with Crippen molar-refractivity contribution in [1.82, 2.24) is 0 Å². The third-order valence-corrected chi connectivity index (χ3v) is 5.86. The van der Waals surface area contributed by atoms with Crippen molar-refractivity contribution < 1.29 is 22.7 Å². The molecule has 0 atom stereocenters. The number of anilines is 1. The fraction of sp³-hybridized carbons (Fsp3) is 0.176. The highest BCUT2D eigenvalue weighted by Crippen LogP contribution is 2.31. The van der Waals surface area contributed by atoms with Crippen molar-refractivity contribution in [3.8, 4) is 6.07 Å². The topological polar surface area (TPSA) is 98.5 Å². The number of carboxylic acids is 1. The summed E-state index contributed by atoms with van der Waals surface area (Å²) in [6.45, 7) is 1.66. The molecule has 0 heterocycles. The van der Waals surface area contributed by atoms with Gasteiger partial charge in [-0.3, -0.25) is 4.31 Å². The molecule has 0 saturated heterocycles. The van der Waals surface area contributed by atoms with Gasteiger partial charge in [0.05, 0.1) is 28.8 Å². The molecule has 0 spiro atoms. The summed E-state index contributed by atoms with van der Waals surface area (Å²) in [5.74, 6) is -2.75. The number of halogens is 2. The van der Waals surface area contributed by atoms with Crippen LogP contribution in [0.25, 0.3) is 0 Å². The Kier molecular flexibility index (Phi) is 5.85. The van der Waals surface area contributed by atoms with Gasteiger partial charge in [-0.05, 0) is 31.2 Å². The van der Waals surface area contributed by atoms with Gasteiger partial charge in [0, 0.05) is 6.54 Å². The van der Waals surface area contributed by atoms with Crippen molar-refractivity contribution in [2.24, 2.45) is 0 Å². The molecule has 0 aliphatic carbocycles. The Hall–Kier alpha value is -2.63. The van der Waals surface area contributed by atoms with E-state index in [1.54, 1.807) is 24.3 Å². The van der Waals surface area contributed by atoms with Crippen molar-refractivity contribution >= 4 is 33.3 Å². The minimum Gasteiger partial charge on any atom is -0.478 e.